The summed E-state index contributed by atoms with van der Waals surface area (Å²) < 4.78 is 5.67. The molecule has 0 atom stereocenters. The minimum Gasteiger partial charge on any atom is -0.504 e. The molecule has 5 heteroatoms. The second kappa shape index (κ2) is 5.62. The normalized spacial score (nSPS) is 14.7. The van der Waals surface area contributed by atoms with Gasteiger partial charge in [-0.1, -0.05) is 19.9 Å². The topological polar surface area (TPSA) is 86.1 Å². The molecule has 2 aromatic carbocycles. The summed E-state index contributed by atoms with van der Waals surface area (Å²) in [6, 6.07) is 10.7. The number of ether oxygens (including phenoxy) is 1. The van der Waals surface area contributed by atoms with Crippen molar-refractivity contribution in [1.82, 2.24) is 4.98 Å². The van der Waals surface area contributed by atoms with E-state index in [1.54, 1.807) is 24.3 Å². The Kier molecular flexibility index (Phi) is 3.57. The van der Waals surface area contributed by atoms with E-state index in [2.05, 4.69) is 11.1 Å². The highest BCUT2D eigenvalue weighted by atomic mass is 16.5. The molecular formula is C22H20N2O3. The van der Waals surface area contributed by atoms with Gasteiger partial charge in [0.05, 0.1) is 23.3 Å². The summed E-state index contributed by atoms with van der Waals surface area (Å²) in [5.41, 5.74) is 3.48. The predicted octanol–water partition coefficient (Wildman–Crippen LogP) is 4.40. The fourth-order valence-corrected chi connectivity index (χ4v) is 3.86. The van der Waals surface area contributed by atoms with Crippen LogP contribution in [0.3, 0.4) is 0 Å². The maximum atomic E-state index is 13.4. The van der Waals surface area contributed by atoms with Gasteiger partial charge in [-0.2, -0.15) is 5.26 Å². The number of aromatic hydroxyl groups is 1. The zero-order chi connectivity index (χ0) is 19.5. The minimum absolute atomic E-state index is 0.0228. The average molecular weight is 360 g/mol. The molecule has 2 N–H and O–H groups in total. The molecule has 0 aliphatic heterocycles. The van der Waals surface area contributed by atoms with Crippen molar-refractivity contribution in [2.75, 3.05) is 0 Å². The van der Waals surface area contributed by atoms with E-state index in [0.717, 1.165) is 22.2 Å². The molecule has 27 heavy (non-hydrogen) atoms. The van der Waals surface area contributed by atoms with E-state index >= 15 is 0 Å². The molecule has 5 nitrogen and oxygen atoms in total. The van der Waals surface area contributed by atoms with Gasteiger partial charge in [-0.15, -0.1) is 0 Å². The zero-order valence-electron chi connectivity index (χ0n) is 15.7. The maximum absolute atomic E-state index is 13.4. The Balaban J connectivity index is 1.99. The van der Waals surface area contributed by atoms with E-state index in [1.807, 2.05) is 33.8 Å². The third-order valence-corrected chi connectivity index (χ3v) is 5.16. The summed E-state index contributed by atoms with van der Waals surface area (Å²) in [5.74, 6) is 0.224. The van der Waals surface area contributed by atoms with Crippen molar-refractivity contribution in [1.29, 1.82) is 5.26 Å². The fourth-order valence-electron chi connectivity index (χ4n) is 3.86. The smallest absolute Gasteiger partial charge is 0.195 e. The van der Waals surface area contributed by atoms with Gasteiger partial charge in [0.25, 0.3) is 0 Å². The van der Waals surface area contributed by atoms with Crippen molar-refractivity contribution < 1.29 is 14.6 Å². The number of carbonyl (C=O) groups excluding carboxylic acids is 1. The highest BCUT2D eigenvalue weighted by molar-refractivity contribution is 6.20. The Bertz CT molecular complexity index is 1150. The lowest BCUT2D eigenvalue weighted by Gasteiger charge is -2.32. The number of nitriles is 1. The zero-order valence-corrected chi connectivity index (χ0v) is 15.7. The van der Waals surface area contributed by atoms with Crippen LogP contribution in [0.2, 0.25) is 0 Å². The molecule has 1 heterocycles. The van der Waals surface area contributed by atoms with Gasteiger partial charge in [0.2, 0.25) is 0 Å². The third-order valence-electron chi connectivity index (χ3n) is 5.16. The van der Waals surface area contributed by atoms with Crippen LogP contribution >= 0.6 is 0 Å². The van der Waals surface area contributed by atoms with E-state index in [-0.39, 0.29) is 17.6 Å². The third kappa shape index (κ3) is 2.41. The minimum atomic E-state index is -0.516. The highest BCUT2D eigenvalue weighted by Crippen LogP contribution is 2.46. The lowest BCUT2D eigenvalue weighted by atomic mass is 9.71. The average Bonchev–Trinajstić information content (AvgIpc) is 3.00. The molecule has 0 amide bonds. The number of phenolic OH excluding ortho intramolecular Hbond substituents is 1. The van der Waals surface area contributed by atoms with Crippen LogP contribution in [0.25, 0.3) is 10.9 Å². The van der Waals surface area contributed by atoms with Crippen LogP contribution in [0.1, 0.15) is 60.4 Å². The molecule has 136 valence electrons. The molecule has 0 saturated heterocycles. The molecule has 1 aromatic heterocycles. The number of benzene rings is 2. The standard InChI is InChI=1S/C22H20N2O3/c1-11(2)27-18-8-14-15(9-17(18)25)22(3,4)21-19(20(14)26)13-6-5-12(10-23)7-16(13)24-21/h5-9,11,24-25H,1-4H3. The Morgan fingerprint density at radius 3 is 2.63 bits per heavy atom. The Labute approximate surface area is 157 Å². The largest absolute Gasteiger partial charge is 0.504 e. The van der Waals surface area contributed by atoms with Gasteiger partial charge >= 0.3 is 0 Å². The number of H-pyrrole nitrogens is 1. The molecule has 0 bridgehead atoms. The van der Waals surface area contributed by atoms with Gasteiger partial charge < -0.3 is 14.8 Å². The summed E-state index contributed by atoms with van der Waals surface area (Å²) in [7, 11) is 0. The van der Waals surface area contributed by atoms with E-state index in [1.165, 1.54) is 0 Å². The van der Waals surface area contributed by atoms with Crippen LogP contribution < -0.4 is 4.74 Å². The number of ketones is 1. The fraction of sp³-hybridized carbons (Fsp3) is 0.273. The van der Waals surface area contributed by atoms with E-state index < -0.39 is 5.41 Å². The van der Waals surface area contributed by atoms with Gasteiger partial charge in [0.15, 0.2) is 17.3 Å². The first-order valence-electron chi connectivity index (χ1n) is 8.89. The summed E-state index contributed by atoms with van der Waals surface area (Å²) >= 11 is 0. The lowest BCUT2D eigenvalue weighted by molar-refractivity contribution is 0.103. The first kappa shape index (κ1) is 17.2. The van der Waals surface area contributed by atoms with Gasteiger partial charge in [-0.25, -0.2) is 0 Å². The van der Waals surface area contributed by atoms with Gasteiger partial charge in [-0.05, 0) is 43.7 Å². The molecule has 0 radical (unpaired) electrons. The number of rotatable bonds is 2. The van der Waals surface area contributed by atoms with Crippen molar-refractivity contribution in [3.8, 4) is 17.6 Å². The Hall–Kier alpha value is -3.26. The van der Waals surface area contributed by atoms with Crippen LogP contribution in [0.5, 0.6) is 11.5 Å². The van der Waals surface area contributed by atoms with Gasteiger partial charge in [-0.3, -0.25) is 4.79 Å². The molecule has 4 rings (SSSR count). The first-order valence-corrected chi connectivity index (χ1v) is 8.89. The van der Waals surface area contributed by atoms with E-state index in [0.29, 0.717) is 22.4 Å². The van der Waals surface area contributed by atoms with Crippen molar-refractivity contribution in [3.05, 3.63) is 58.3 Å². The Morgan fingerprint density at radius 1 is 1.22 bits per heavy atom. The first-order chi connectivity index (χ1) is 12.7. The monoisotopic (exact) mass is 360 g/mol. The van der Waals surface area contributed by atoms with E-state index in [9.17, 15) is 9.90 Å². The summed E-state index contributed by atoms with van der Waals surface area (Å²) in [6.45, 7) is 7.77. The number of hydrogen-bond acceptors (Lipinski definition) is 4. The summed E-state index contributed by atoms with van der Waals surface area (Å²) in [5, 5.41) is 20.4. The summed E-state index contributed by atoms with van der Waals surface area (Å²) in [6.07, 6.45) is -0.117. The number of aromatic amines is 1. The number of aromatic nitrogens is 1. The highest BCUT2D eigenvalue weighted by Gasteiger charge is 2.40. The second-order valence-electron chi connectivity index (χ2n) is 7.73. The number of fused-ring (bicyclic) bond motifs is 4. The second-order valence-corrected chi connectivity index (χ2v) is 7.73. The summed E-state index contributed by atoms with van der Waals surface area (Å²) in [4.78, 5) is 16.7. The number of phenols is 1. The molecule has 1 aliphatic carbocycles. The molecule has 3 aromatic rings. The van der Waals surface area contributed by atoms with E-state index in [4.69, 9.17) is 10.00 Å². The number of nitrogens with zero attached hydrogens (tertiary/aromatic N) is 1. The lowest BCUT2D eigenvalue weighted by Crippen LogP contribution is -2.30. The predicted molar refractivity (Wildman–Crippen MR) is 102 cm³/mol. The number of hydrogen-bond donors (Lipinski definition) is 2. The van der Waals surface area contributed by atoms with Crippen LogP contribution in [0, 0.1) is 11.3 Å². The van der Waals surface area contributed by atoms with Crippen LogP contribution in [0.4, 0.5) is 0 Å². The number of carbonyl (C=O) groups is 1. The van der Waals surface area contributed by atoms with Crippen molar-refractivity contribution in [3.63, 3.8) is 0 Å². The SMILES string of the molecule is CC(C)Oc1cc2c(cc1O)C(C)(C)c1[nH]c3cc(C#N)ccc3c1C2=O. The number of nitrogens with one attached hydrogen (secondary N) is 1. The van der Waals surface area contributed by atoms with Crippen molar-refractivity contribution in [2.45, 2.75) is 39.2 Å². The van der Waals surface area contributed by atoms with Gasteiger partial charge in [0.1, 0.15) is 0 Å². The molecule has 0 fully saturated rings. The molecule has 0 unspecified atom stereocenters. The Morgan fingerprint density at radius 2 is 1.96 bits per heavy atom. The van der Waals surface area contributed by atoms with Crippen molar-refractivity contribution in [2.24, 2.45) is 0 Å². The quantitative estimate of drug-likeness (QED) is 0.709. The molecule has 1 aliphatic rings. The molecule has 0 spiro atoms. The molecule has 0 saturated carbocycles. The van der Waals surface area contributed by atoms with Crippen LogP contribution in [0.15, 0.2) is 30.3 Å². The van der Waals surface area contributed by atoms with Crippen molar-refractivity contribution >= 4 is 16.7 Å². The molecular weight excluding hydrogens is 340 g/mol. The van der Waals surface area contributed by atoms with Gasteiger partial charge in [0, 0.05) is 27.6 Å². The maximum Gasteiger partial charge on any atom is 0.195 e. The van der Waals surface area contributed by atoms with Crippen LogP contribution in [-0.2, 0) is 5.41 Å². The van der Waals surface area contributed by atoms with Crippen LogP contribution in [-0.4, -0.2) is 22.0 Å².